The van der Waals surface area contributed by atoms with Crippen molar-refractivity contribution in [2.75, 3.05) is 18.5 Å². The molecule has 0 radical (unpaired) electrons. The Labute approximate surface area is 156 Å². The van der Waals surface area contributed by atoms with E-state index in [1.807, 2.05) is 6.92 Å². The van der Waals surface area contributed by atoms with Gasteiger partial charge in [0.25, 0.3) is 11.8 Å². The number of halogens is 1. The molecule has 1 aliphatic heterocycles. The number of nitrogens with one attached hydrogen (secondary N) is 2. The predicted octanol–water partition coefficient (Wildman–Crippen LogP) is 3.20. The predicted molar refractivity (Wildman–Crippen MR) is 99.7 cm³/mol. The van der Waals surface area contributed by atoms with Gasteiger partial charge in [-0.15, -0.1) is 0 Å². The second-order valence-corrected chi connectivity index (χ2v) is 6.55. The van der Waals surface area contributed by atoms with Crippen molar-refractivity contribution in [1.29, 1.82) is 0 Å². The van der Waals surface area contributed by atoms with Crippen LogP contribution >= 0.6 is 11.6 Å². The third kappa shape index (κ3) is 4.39. The van der Waals surface area contributed by atoms with Crippen LogP contribution in [0.25, 0.3) is 0 Å². The zero-order valence-electron chi connectivity index (χ0n) is 14.4. The molecule has 2 aromatic rings. The fourth-order valence-electron chi connectivity index (χ4n) is 2.74. The average molecular weight is 374 g/mol. The first-order chi connectivity index (χ1) is 12.5. The molecule has 2 N–H and O–H groups in total. The maximum Gasteiger partial charge on any atom is 0.269 e. The van der Waals surface area contributed by atoms with E-state index in [2.05, 4.69) is 15.6 Å². The van der Waals surface area contributed by atoms with Crippen LogP contribution in [0.5, 0.6) is 0 Å². The summed E-state index contributed by atoms with van der Waals surface area (Å²) in [5.41, 5.74) is 1.95. The molecule has 0 saturated carbocycles. The average Bonchev–Trinajstić information content (AvgIpc) is 3.17. The first-order valence-corrected chi connectivity index (χ1v) is 8.84. The number of benzene rings is 1. The Balaban J connectivity index is 1.66. The lowest BCUT2D eigenvalue weighted by Crippen LogP contribution is -2.32. The van der Waals surface area contributed by atoms with Crippen molar-refractivity contribution in [2.45, 2.75) is 25.9 Å². The highest BCUT2D eigenvalue weighted by molar-refractivity contribution is 6.31. The van der Waals surface area contributed by atoms with E-state index in [1.54, 1.807) is 24.3 Å². The monoisotopic (exact) mass is 373 g/mol. The Morgan fingerprint density at radius 2 is 2.15 bits per heavy atom. The van der Waals surface area contributed by atoms with Gasteiger partial charge in [0, 0.05) is 35.6 Å². The largest absolute Gasteiger partial charge is 0.376 e. The number of amides is 2. The van der Waals surface area contributed by atoms with Gasteiger partial charge in [-0.25, -0.2) is 0 Å². The summed E-state index contributed by atoms with van der Waals surface area (Å²) in [5, 5.41) is 6.18. The summed E-state index contributed by atoms with van der Waals surface area (Å²) < 4.78 is 5.48. The molecule has 6 nitrogen and oxygen atoms in total. The number of carbonyl (C=O) groups excluding carboxylic acids is 2. The van der Waals surface area contributed by atoms with Crippen molar-refractivity contribution in [3.63, 3.8) is 0 Å². The van der Waals surface area contributed by atoms with Crippen molar-refractivity contribution >= 4 is 29.1 Å². The molecule has 0 spiro atoms. The molecule has 0 aliphatic carbocycles. The lowest BCUT2D eigenvalue weighted by atomic mass is 10.1. The van der Waals surface area contributed by atoms with Crippen LogP contribution in [0, 0.1) is 6.92 Å². The van der Waals surface area contributed by atoms with E-state index >= 15 is 0 Å². The standard InChI is InChI=1S/C19H20ClN3O3/c1-12-15(20)5-2-6-16(12)23-18(24)13-7-8-21-17(10-13)19(25)22-11-14-4-3-9-26-14/h2,5-8,10,14H,3-4,9,11H2,1H3,(H,22,25)(H,23,24). The highest BCUT2D eigenvalue weighted by Gasteiger charge is 2.18. The Bertz CT molecular complexity index is 819. The van der Waals surface area contributed by atoms with Gasteiger partial charge in [0.2, 0.25) is 0 Å². The van der Waals surface area contributed by atoms with Crippen LogP contribution in [0.2, 0.25) is 5.02 Å². The summed E-state index contributed by atoms with van der Waals surface area (Å²) in [6.45, 7) is 3.00. The summed E-state index contributed by atoms with van der Waals surface area (Å²) >= 11 is 6.07. The molecule has 1 saturated heterocycles. The van der Waals surface area contributed by atoms with E-state index in [1.165, 1.54) is 12.3 Å². The van der Waals surface area contributed by atoms with E-state index in [9.17, 15) is 9.59 Å². The van der Waals surface area contributed by atoms with E-state index in [-0.39, 0.29) is 23.6 Å². The molecule has 2 amide bonds. The normalized spacial score (nSPS) is 16.3. The van der Waals surface area contributed by atoms with E-state index in [0.29, 0.717) is 22.8 Å². The number of aromatic nitrogens is 1. The number of pyridine rings is 1. The van der Waals surface area contributed by atoms with E-state index < -0.39 is 0 Å². The second kappa shape index (κ2) is 8.29. The summed E-state index contributed by atoms with van der Waals surface area (Å²) in [4.78, 5) is 28.8. The lowest BCUT2D eigenvalue weighted by Gasteiger charge is -2.11. The second-order valence-electron chi connectivity index (χ2n) is 6.14. The molecule has 1 aliphatic rings. The van der Waals surface area contributed by atoms with Crippen LogP contribution in [-0.2, 0) is 4.74 Å². The highest BCUT2D eigenvalue weighted by Crippen LogP contribution is 2.23. The Morgan fingerprint density at radius 1 is 1.31 bits per heavy atom. The van der Waals surface area contributed by atoms with Crippen LogP contribution in [0.1, 0.15) is 39.3 Å². The minimum atomic E-state index is -0.328. The van der Waals surface area contributed by atoms with Gasteiger partial charge >= 0.3 is 0 Å². The Morgan fingerprint density at radius 3 is 2.92 bits per heavy atom. The molecular weight excluding hydrogens is 354 g/mol. The summed E-state index contributed by atoms with van der Waals surface area (Å²) in [7, 11) is 0. The molecule has 2 heterocycles. The van der Waals surface area contributed by atoms with Crippen molar-refractivity contribution in [3.8, 4) is 0 Å². The molecule has 3 rings (SSSR count). The van der Waals surface area contributed by atoms with Crippen molar-refractivity contribution in [3.05, 3.63) is 58.4 Å². The van der Waals surface area contributed by atoms with Gasteiger partial charge in [0.15, 0.2) is 0 Å². The molecule has 26 heavy (non-hydrogen) atoms. The molecule has 136 valence electrons. The van der Waals surface area contributed by atoms with Gasteiger partial charge in [-0.1, -0.05) is 17.7 Å². The zero-order chi connectivity index (χ0) is 18.5. The molecule has 7 heteroatoms. The Hall–Kier alpha value is -2.44. The van der Waals surface area contributed by atoms with Gasteiger partial charge in [-0.3, -0.25) is 14.6 Å². The molecule has 0 bridgehead atoms. The van der Waals surface area contributed by atoms with Gasteiger partial charge in [0.1, 0.15) is 5.69 Å². The van der Waals surface area contributed by atoms with Gasteiger partial charge < -0.3 is 15.4 Å². The van der Waals surface area contributed by atoms with E-state index in [4.69, 9.17) is 16.3 Å². The fraction of sp³-hybridized carbons (Fsp3) is 0.316. The zero-order valence-corrected chi connectivity index (χ0v) is 15.2. The van der Waals surface area contributed by atoms with Crippen LogP contribution in [0.3, 0.4) is 0 Å². The third-order valence-electron chi connectivity index (χ3n) is 4.28. The first-order valence-electron chi connectivity index (χ1n) is 8.47. The maximum atomic E-state index is 12.5. The highest BCUT2D eigenvalue weighted by atomic mass is 35.5. The molecule has 1 fully saturated rings. The summed E-state index contributed by atoms with van der Waals surface area (Å²) in [5.74, 6) is -0.653. The number of rotatable bonds is 5. The number of nitrogens with zero attached hydrogens (tertiary/aromatic N) is 1. The van der Waals surface area contributed by atoms with Crippen LogP contribution in [0.4, 0.5) is 5.69 Å². The van der Waals surface area contributed by atoms with Crippen molar-refractivity contribution in [2.24, 2.45) is 0 Å². The fourth-order valence-corrected chi connectivity index (χ4v) is 2.91. The lowest BCUT2D eigenvalue weighted by molar-refractivity contribution is 0.0853. The van der Waals surface area contributed by atoms with Gasteiger partial charge in [-0.2, -0.15) is 0 Å². The molecule has 1 aromatic heterocycles. The number of anilines is 1. The van der Waals surface area contributed by atoms with Crippen LogP contribution in [-0.4, -0.2) is 36.1 Å². The number of ether oxygens (including phenoxy) is 1. The quantitative estimate of drug-likeness (QED) is 0.843. The number of hydrogen-bond donors (Lipinski definition) is 2. The SMILES string of the molecule is Cc1c(Cl)cccc1NC(=O)c1ccnc(C(=O)NCC2CCCO2)c1. The van der Waals surface area contributed by atoms with Crippen molar-refractivity contribution in [1.82, 2.24) is 10.3 Å². The van der Waals surface area contributed by atoms with Crippen LogP contribution in [0.15, 0.2) is 36.5 Å². The minimum Gasteiger partial charge on any atom is -0.376 e. The van der Waals surface area contributed by atoms with Crippen LogP contribution < -0.4 is 10.6 Å². The van der Waals surface area contributed by atoms with Gasteiger partial charge in [-0.05, 0) is 49.6 Å². The minimum absolute atomic E-state index is 0.0521. The number of carbonyl (C=O) groups is 2. The van der Waals surface area contributed by atoms with E-state index in [0.717, 1.165) is 25.0 Å². The summed E-state index contributed by atoms with van der Waals surface area (Å²) in [6.07, 6.45) is 3.45. The topological polar surface area (TPSA) is 80.3 Å². The molecule has 1 unspecified atom stereocenters. The summed E-state index contributed by atoms with van der Waals surface area (Å²) in [6, 6.07) is 8.33. The first kappa shape index (κ1) is 18.4. The maximum absolute atomic E-state index is 12.5. The van der Waals surface area contributed by atoms with Crippen molar-refractivity contribution < 1.29 is 14.3 Å². The smallest absolute Gasteiger partial charge is 0.269 e. The molecule has 1 atom stereocenters. The molecular formula is C19H20ClN3O3. The third-order valence-corrected chi connectivity index (χ3v) is 4.69. The molecule has 1 aromatic carbocycles. The Kier molecular flexibility index (Phi) is 5.85. The van der Waals surface area contributed by atoms with Gasteiger partial charge in [0.05, 0.1) is 6.10 Å². The number of hydrogen-bond acceptors (Lipinski definition) is 4.